The van der Waals surface area contributed by atoms with Crippen LogP contribution in [0.4, 0.5) is 0 Å². The van der Waals surface area contributed by atoms with Gasteiger partial charge in [0.25, 0.3) is 5.91 Å². The Labute approximate surface area is 169 Å². The molecule has 1 fully saturated rings. The third kappa shape index (κ3) is 5.14. The van der Waals surface area contributed by atoms with Gasteiger partial charge in [-0.3, -0.25) is 9.69 Å². The summed E-state index contributed by atoms with van der Waals surface area (Å²) in [5.74, 6) is 1.27. The van der Waals surface area contributed by atoms with Gasteiger partial charge in [-0.2, -0.15) is 0 Å². The maximum Gasteiger partial charge on any atom is 0.263 e. The minimum absolute atomic E-state index is 0.0792. The number of benzene rings is 2. The van der Waals surface area contributed by atoms with Crippen molar-refractivity contribution in [3.63, 3.8) is 0 Å². The Morgan fingerprint density at radius 2 is 1.68 bits per heavy atom. The highest BCUT2D eigenvalue weighted by Crippen LogP contribution is 2.28. The summed E-state index contributed by atoms with van der Waals surface area (Å²) >= 11 is 0. The third-order valence-electron chi connectivity index (χ3n) is 5.38. The number of carbonyl (C=O) groups excluding carboxylic acids is 1. The molecule has 0 aromatic heterocycles. The summed E-state index contributed by atoms with van der Waals surface area (Å²) in [7, 11) is 0. The number of aryl methyl sites for hydroxylation is 1. The van der Waals surface area contributed by atoms with Gasteiger partial charge < -0.3 is 9.64 Å². The lowest BCUT2D eigenvalue weighted by atomic mass is 10.0. The second-order valence-electron chi connectivity index (χ2n) is 8.04. The second kappa shape index (κ2) is 9.24. The molecule has 150 valence electrons. The van der Waals surface area contributed by atoms with Crippen LogP contribution in [0.2, 0.25) is 0 Å². The highest BCUT2D eigenvalue weighted by molar-refractivity contribution is 5.81. The first-order valence-electron chi connectivity index (χ1n) is 10.3. The molecule has 2 aromatic carbocycles. The van der Waals surface area contributed by atoms with Crippen molar-refractivity contribution in [2.75, 3.05) is 26.2 Å². The van der Waals surface area contributed by atoms with Crippen molar-refractivity contribution in [2.24, 2.45) is 0 Å². The highest BCUT2D eigenvalue weighted by atomic mass is 16.5. The van der Waals surface area contributed by atoms with E-state index in [1.165, 1.54) is 5.56 Å². The maximum atomic E-state index is 12.9. The molecule has 0 N–H and O–H groups in total. The van der Waals surface area contributed by atoms with E-state index in [1.807, 2.05) is 24.0 Å². The summed E-state index contributed by atoms with van der Waals surface area (Å²) < 4.78 is 6.12. The van der Waals surface area contributed by atoms with Gasteiger partial charge in [-0.1, -0.05) is 56.3 Å². The standard InChI is InChI=1S/C24H32N2O2/c1-18(2)22-11-10-19(3)16-23(22)28-20(4)24(27)26-14-12-25(13-15-26)17-21-8-6-5-7-9-21/h5-11,16,18,20H,12-15,17H2,1-4H3. The molecule has 1 saturated heterocycles. The molecule has 1 amide bonds. The molecule has 1 aliphatic rings. The van der Waals surface area contributed by atoms with E-state index in [4.69, 9.17) is 4.74 Å². The lowest BCUT2D eigenvalue weighted by molar-refractivity contribution is -0.139. The summed E-state index contributed by atoms with van der Waals surface area (Å²) in [4.78, 5) is 17.3. The number of nitrogens with zero attached hydrogens (tertiary/aromatic N) is 2. The third-order valence-corrected chi connectivity index (χ3v) is 5.38. The van der Waals surface area contributed by atoms with Gasteiger partial charge in [0, 0.05) is 32.7 Å². The number of piperazine rings is 1. The Hall–Kier alpha value is -2.33. The van der Waals surface area contributed by atoms with E-state index in [-0.39, 0.29) is 5.91 Å². The fourth-order valence-corrected chi connectivity index (χ4v) is 3.69. The SMILES string of the molecule is Cc1ccc(C(C)C)c(OC(C)C(=O)N2CCN(Cc3ccccc3)CC2)c1. The largest absolute Gasteiger partial charge is 0.481 e. The smallest absolute Gasteiger partial charge is 0.263 e. The van der Waals surface area contributed by atoms with E-state index >= 15 is 0 Å². The van der Waals surface area contributed by atoms with Gasteiger partial charge >= 0.3 is 0 Å². The van der Waals surface area contributed by atoms with Crippen LogP contribution in [0.5, 0.6) is 5.75 Å². The summed E-state index contributed by atoms with van der Waals surface area (Å²) in [5.41, 5.74) is 3.62. The van der Waals surface area contributed by atoms with Crippen molar-refractivity contribution in [1.82, 2.24) is 9.80 Å². The van der Waals surface area contributed by atoms with Gasteiger partial charge in [-0.15, -0.1) is 0 Å². The van der Waals surface area contributed by atoms with Crippen LogP contribution in [0.1, 0.15) is 43.4 Å². The van der Waals surface area contributed by atoms with E-state index in [1.54, 1.807) is 0 Å². The monoisotopic (exact) mass is 380 g/mol. The van der Waals surface area contributed by atoms with Crippen molar-refractivity contribution in [1.29, 1.82) is 0 Å². The summed E-state index contributed by atoms with van der Waals surface area (Å²) in [6.07, 6.45) is -0.472. The second-order valence-corrected chi connectivity index (χ2v) is 8.04. The first kappa shape index (κ1) is 20.4. The maximum absolute atomic E-state index is 12.9. The molecule has 1 atom stereocenters. The molecule has 4 heteroatoms. The normalized spacial score (nSPS) is 16.2. The summed E-state index contributed by atoms with van der Waals surface area (Å²) in [6.45, 7) is 12.5. The zero-order chi connectivity index (χ0) is 20.1. The van der Waals surface area contributed by atoms with Crippen molar-refractivity contribution >= 4 is 5.91 Å². The molecular weight excluding hydrogens is 348 g/mol. The van der Waals surface area contributed by atoms with Crippen LogP contribution in [0.15, 0.2) is 48.5 Å². The van der Waals surface area contributed by atoms with E-state index in [0.717, 1.165) is 49.6 Å². The molecule has 1 heterocycles. The van der Waals surface area contributed by atoms with Crippen LogP contribution in [0, 0.1) is 6.92 Å². The number of carbonyl (C=O) groups is 1. The fourth-order valence-electron chi connectivity index (χ4n) is 3.69. The molecule has 4 nitrogen and oxygen atoms in total. The van der Waals surface area contributed by atoms with E-state index < -0.39 is 6.10 Å². The van der Waals surface area contributed by atoms with Crippen LogP contribution in [0.25, 0.3) is 0 Å². The quantitative estimate of drug-likeness (QED) is 0.752. The number of amides is 1. The van der Waals surface area contributed by atoms with Crippen LogP contribution < -0.4 is 4.74 Å². The van der Waals surface area contributed by atoms with Crippen molar-refractivity contribution in [3.05, 3.63) is 65.2 Å². The Morgan fingerprint density at radius 1 is 1.00 bits per heavy atom. The predicted molar refractivity (Wildman–Crippen MR) is 114 cm³/mol. The fraction of sp³-hybridized carbons (Fsp3) is 0.458. The van der Waals surface area contributed by atoms with Crippen molar-refractivity contribution in [2.45, 2.75) is 46.3 Å². The Kier molecular flexibility index (Phi) is 6.74. The molecule has 0 spiro atoms. The highest BCUT2D eigenvalue weighted by Gasteiger charge is 2.26. The van der Waals surface area contributed by atoms with Crippen LogP contribution in [-0.4, -0.2) is 48.0 Å². The van der Waals surface area contributed by atoms with Crippen LogP contribution in [-0.2, 0) is 11.3 Å². The van der Waals surface area contributed by atoms with Gasteiger partial charge in [0.15, 0.2) is 6.10 Å². The summed E-state index contributed by atoms with van der Waals surface area (Å²) in [5, 5.41) is 0. The molecular formula is C24H32N2O2. The Bertz CT molecular complexity index is 780. The lowest BCUT2D eigenvalue weighted by Crippen LogP contribution is -2.51. The van der Waals surface area contributed by atoms with E-state index in [2.05, 4.69) is 62.1 Å². The van der Waals surface area contributed by atoms with E-state index in [9.17, 15) is 4.79 Å². The van der Waals surface area contributed by atoms with E-state index in [0.29, 0.717) is 5.92 Å². The van der Waals surface area contributed by atoms with Crippen LogP contribution in [0.3, 0.4) is 0 Å². The van der Waals surface area contributed by atoms with Gasteiger partial charge in [0.1, 0.15) is 5.75 Å². The zero-order valence-corrected chi connectivity index (χ0v) is 17.5. The minimum atomic E-state index is -0.472. The zero-order valence-electron chi connectivity index (χ0n) is 17.5. The number of ether oxygens (including phenoxy) is 1. The number of rotatable bonds is 6. The molecule has 0 bridgehead atoms. The van der Waals surface area contributed by atoms with Gasteiger partial charge in [-0.25, -0.2) is 0 Å². The molecule has 1 aliphatic heterocycles. The lowest BCUT2D eigenvalue weighted by Gasteiger charge is -2.36. The molecule has 3 rings (SSSR count). The van der Waals surface area contributed by atoms with Gasteiger partial charge in [0.2, 0.25) is 0 Å². The molecule has 2 aromatic rings. The average Bonchev–Trinajstić information content (AvgIpc) is 2.68. The average molecular weight is 381 g/mol. The molecule has 0 radical (unpaired) electrons. The minimum Gasteiger partial charge on any atom is -0.481 e. The molecule has 0 aliphatic carbocycles. The topological polar surface area (TPSA) is 32.8 Å². The molecule has 28 heavy (non-hydrogen) atoms. The Morgan fingerprint density at radius 3 is 2.32 bits per heavy atom. The first-order valence-corrected chi connectivity index (χ1v) is 10.3. The summed E-state index contributed by atoms with van der Waals surface area (Å²) in [6, 6.07) is 16.7. The van der Waals surface area contributed by atoms with Gasteiger partial charge in [0.05, 0.1) is 0 Å². The molecule has 0 saturated carbocycles. The predicted octanol–water partition coefficient (Wildman–Crippen LogP) is 4.23. The molecule has 1 unspecified atom stereocenters. The van der Waals surface area contributed by atoms with Crippen molar-refractivity contribution in [3.8, 4) is 5.75 Å². The number of hydrogen-bond donors (Lipinski definition) is 0. The van der Waals surface area contributed by atoms with Gasteiger partial charge in [-0.05, 0) is 42.5 Å². The van der Waals surface area contributed by atoms with Crippen molar-refractivity contribution < 1.29 is 9.53 Å². The Balaban J connectivity index is 1.56. The first-order chi connectivity index (χ1) is 13.4. The van der Waals surface area contributed by atoms with Crippen LogP contribution >= 0.6 is 0 Å². The number of hydrogen-bond acceptors (Lipinski definition) is 3.